The molecule has 0 radical (unpaired) electrons. The van der Waals surface area contributed by atoms with Crippen molar-refractivity contribution in [3.05, 3.63) is 58.7 Å². The Hall–Kier alpha value is -2.61. The van der Waals surface area contributed by atoms with Crippen LogP contribution >= 0.6 is 0 Å². The van der Waals surface area contributed by atoms with E-state index in [4.69, 9.17) is 0 Å². The number of alkyl halides is 2. The number of benzene rings is 1. The number of para-hydroxylation sites is 1. The number of aromatic nitrogens is 4. The molecule has 0 N–H and O–H groups in total. The van der Waals surface area contributed by atoms with Crippen LogP contribution in [-0.2, 0) is 13.1 Å². The van der Waals surface area contributed by atoms with E-state index >= 15 is 0 Å². The second kappa shape index (κ2) is 7.33. The highest BCUT2D eigenvalue weighted by molar-refractivity contribution is 5.77. The maximum absolute atomic E-state index is 13.3. The van der Waals surface area contributed by atoms with Crippen molar-refractivity contribution in [3.8, 4) is 0 Å². The van der Waals surface area contributed by atoms with Gasteiger partial charge in [-0.05, 0) is 44.4 Å². The smallest absolute Gasteiger partial charge is 0.261 e. The monoisotopic (exact) mass is 399 g/mol. The van der Waals surface area contributed by atoms with Crippen LogP contribution in [0.4, 0.5) is 8.78 Å². The summed E-state index contributed by atoms with van der Waals surface area (Å²) in [6, 6.07) is 7.35. The van der Waals surface area contributed by atoms with Gasteiger partial charge in [-0.25, -0.2) is 18.7 Å². The average molecular weight is 399 g/mol. The van der Waals surface area contributed by atoms with Crippen LogP contribution in [0.25, 0.3) is 10.9 Å². The Morgan fingerprint density at radius 2 is 2.00 bits per heavy atom. The van der Waals surface area contributed by atoms with E-state index in [1.165, 1.54) is 17.4 Å². The molecule has 1 aliphatic heterocycles. The summed E-state index contributed by atoms with van der Waals surface area (Å²) in [6.07, 6.45) is 5.23. The van der Waals surface area contributed by atoms with Gasteiger partial charge >= 0.3 is 0 Å². The van der Waals surface area contributed by atoms with Gasteiger partial charge in [0.1, 0.15) is 5.82 Å². The number of imidazole rings is 1. The molecular formula is C21H23F2N5O. The highest BCUT2D eigenvalue weighted by Gasteiger charge is 2.33. The van der Waals surface area contributed by atoms with Crippen molar-refractivity contribution >= 4 is 10.9 Å². The second-order valence-corrected chi connectivity index (χ2v) is 7.95. The second-order valence-electron chi connectivity index (χ2n) is 7.95. The fourth-order valence-electron chi connectivity index (χ4n) is 4.41. The molecular weight excluding hydrogens is 376 g/mol. The van der Waals surface area contributed by atoms with E-state index < -0.39 is 13.0 Å². The van der Waals surface area contributed by atoms with Crippen LogP contribution in [-0.4, -0.2) is 37.0 Å². The summed E-state index contributed by atoms with van der Waals surface area (Å²) in [6.45, 7) is 0.896. The Bertz CT molecular complexity index is 1090. The fraction of sp³-hybridized carbons (Fsp3) is 0.476. The van der Waals surface area contributed by atoms with Crippen molar-refractivity contribution in [1.29, 1.82) is 0 Å². The number of halogens is 2. The molecule has 152 valence electrons. The SMILES string of the molecule is O=c1c2ccccc2nc(C2CCCN2Cc2cncn2C2CC2)n1CC(F)F. The molecule has 2 aliphatic rings. The molecule has 1 saturated heterocycles. The maximum Gasteiger partial charge on any atom is 0.261 e. The summed E-state index contributed by atoms with van der Waals surface area (Å²) in [5.74, 6) is 0.448. The minimum atomic E-state index is -2.61. The third kappa shape index (κ3) is 3.46. The standard InChI is InChI=1S/C21H23F2N5O/c22-19(23)12-27-20(25-17-5-2-1-4-16(17)21(27)29)18-6-3-9-26(18)11-15-10-24-13-28(15)14-7-8-14/h1-2,4-5,10,13-14,18-19H,3,6-9,11-12H2. The Morgan fingerprint density at radius 3 is 2.79 bits per heavy atom. The van der Waals surface area contributed by atoms with Gasteiger partial charge in [-0.2, -0.15) is 0 Å². The minimum absolute atomic E-state index is 0.159. The van der Waals surface area contributed by atoms with E-state index in [1.54, 1.807) is 18.2 Å². The van der Waals surface area contributed by atoms with Gasteiger partial charge in [-0.1, -0.05) is 12.1 Å². The molecule has 0 amide bonds. The number of rotatable bonds is 6. The molecule has 29 heavy (non-hydrogen) atoms. The number of hydrogen-bond acceptors (Lipinski definition) is 4. The van der Waals surface area contributed by atoms with Gasteiger partial charge in [0.05, 0.1) is 35.5 Å². The predicted octanol–water partition coefficient (Wildman–Crippen LogP) is 3.53. The number of likely N-dealkylation sites (tertiary alicyclic amines) is 1. The first-order valence-corrected chi connectivity index (χ1v) is 10.1. The van der Waals surface area contributed by atoms with Crippen molar-refractivity contribution in [1.82, 2.24) is 24.0 Å². The van der Waals surface area contributed by atoms with Crippen LogP contribution in [0.5, 0.6) is 0 Å². The molecule has 1 aliphatic carbocycles. The molecule has 1 saturated carbocycles. The van der Waals surface area contributed by atoms with Crippen LogP contribution in [0, 0.1) is 0 Å². The first-order chi connectivity index (χ1) is 14.1. The zero-order valence-corrected chi connectivity index (χ0v) is 16.0. The molecule has 1 unspecified atom stereocenters. The van der Waals surface area contributed by atoms with Crippen molar-refractivity contribution in [2.45, 2.75) is 57.3 Å². The lowest BCUT2D eigenvalue weighted by atomic mass is 10.1. The van der Waals surface area contributed by atoms with Crippen LogP contribution in [0.15, 0.2) is 41.6 Å². The highest BCUT2D eigenvalue weighted by Crippen LogP contribution is 2.37. The molecule has 3 aromatic rings. The first-order valence-electron chi connectivity index (χ1n) is 10.1. The largest absolute Gasteiger partial charge is 0.330 e. The van der Waals surface area contributed by atoms with E-state index in [0.717, 1.165) is 25.1 Å². The maximum atomic E-state index is 13.3. The molecule has 3 heterocycles. The zero-order valence-electron chi connectivity index (χ0n) is 16.0. The first kappa shape index (κ1) is 18.4. The predicted molar refractivity (Wildman–Crippen MR) is 105 cm³/mol. The number of nitrogens with zero attached hydrogens (tertiary/aromatic N) is 5. The van der Waals surface area contributed by atoms with Crippen molar-refractivity contribution in [2.24, 2.45) is 0 Å². The molecule has 2 aromatic heterocycles. The topological polar surface area (TPSA) is 56.0 Å². The Balaban J connectivity index is 1.54. The average Bonchev–Trinajstić information content (AvgIpc) is 3.27. The summed E-state index contributed by atoms with van der Waals surface area (Å²) in [5, 5.41) is 0.383. The lowest BCUT2D eigenvalue weighted by Crippen LogP contribution is -2.33. The molecule has 0 spiro atoms. The third-order valence-corrected chi connectivity index (χ3v) is 5.93. The van der Waals surface area contributed by atoms with E-state index in [1.807, 2.05) is 18.6 Å². The normalized spacial score (nSPS) is 20.2. The minimum Gasteiger partial charge on any atom is -0.330 e. The zero-order chi connectivity index (χ0) is 20.0. The molecule has 8 heteroatoms. The van der Waals surface area contributed by atoms with Gasteiger partial charge in [0.2, 0.25) is 0 Å². The molecule has 5 rings (SSSR count). The van der Waals surface area contributed by atoms with Gasteiger partial charge in [0.15, 0.2) is 0 Å². The van der Waals surface area contributed by atoms with E-state index in [-0.39, 0.29) is 11.6 Å². The molecule has 1 aromatic carbocycles. The summed E-state index contributed by atoms with van der Waals surface area (Å²) >= 11 is 0. The van der Waals surface area contributed by atoms with Crippen LogP contribution < -0.4 is 5.56 Å². The van der Waals surface area contributed by atoms with Gasteiger partial charge in [-0.3, -0.25) is 14.3 Å². The molecule has 6 nitrogen and oxygen atoms in total. The lowest BCUT2D eigenvalue weighted by Gasteiger charge is -2.26. The Labute approximate surface area is 166 Å². The van der Waals surface area contributed by atoms with Gasteiger partial charge in [-0.15, -0.1) is 0 Å². The van der Waals surface area contributed by atoms with Crippen LogP contribution in [0.1, 0.15) is 49.3 Å². The van der Waals surface area contributed by atoms with E-state index in [0.29, 0.717) is 29.3 Å². The lowest BCUT2D eigenvalue weighted by molar-refractivity contribution is 0.120. The Kier molecular flexibility index (Phi) is 4.66. The van der Waals surface area contributed by atoms with Crippen molar-refractivity contribution in [3.63, 3.8) is 0 Å². The Morgan fingerprint density at radius 1 is 1.17 bits per heavy atom. The molecule has 1 atom stereocenters. The summed E-state index contributed by atoms with van der Waals surface area (Å²) in [7, 11) is 0. The fourth-order valence-corrected chi connectivity index (χ4v) is 4.41. The number of hydrogen-bond donors (Lipinski definition) is 0. The molecule has 0 bridgehead atoms. The van der Waals surface area contributed by atoms with Gasteiger partial charge in [0.25, 0.3) is 12.0 Å². The summed E-state index contributed by atoms with van der Waals surface area (Å²) in [4.78, 5) is 24.2. The summed E-state index contributed by atoms with van der Waals surface area (Å²) in [5.41, 5.74) is 1.30. The number of fused-ring (bicyclic) bond motifs is 1. The summed E-state index contributed by atoms with van der Waals surface area (Å²) < 4.78 is 30.0. The van der Waals surface area contributed by atoms with Crippen LogP contribution in [0.2, 0.25) is 0 Å². The van der Waals surface area contributed by atoms with Crippen molar-refractivity contribution < 1.29 is 8.78 Å². The highest BCUT2D eigenvalue weighted by atomic mass is 19.3. The van der Waals surface area contributed by atoms with Gasteiger partial charge in [0, 0.05) is 18.8 Å². The van der Waals surface area contributed by atoms with E-state index in [2.05, 4.69) is 19.4 Å². The third-order valence-electron chi connectivity index (χ3n) is 5.93. The van der Waals surface area contributed by atoms with Crippen LogP contribution in [0.3, 0.4) is 0 Å². The van der Waals surface area contributed by atoms with E-state index in [9.17, 15) is 13.6 Å². The van der Waals surface area contributed by atoms with Gasteiger partial charge < -0.3 is 4.57 Å². The molecule has 2 fully saturated rings. The quantitative estimate of drug-likeness (QED) is 0.636. The van der Waals surface area contributed by atoms with Crippen molar-refractivity contribution in [2.75, 3.05) is 6.54 Å².